The maximum Gasteiger partial charge on any atom is 0.392 e. The van der Waals surface area contributed by atoms with Gasteiger partial charge in [-0.05, 0) is 12.1 Å². The van der Waals surface area contributed by atoms with Crippen molar-refractivity contribution in [3.05, 3.63) is 30.3 Å². The largest absolute Gasteiger partial charge is 0.392 e. The van der Waals surface area contributed by atoms with Crippen LogP contribution in [-0.4, -0.2) is 12.7 Å². The number of halogens is 3. The molecule has 0 bridgehead atoms. The van der Waals surface area contributed by atoms with Gasteiger partial charge in [0.2, 0.25) is 0 Å². The van der Waals surface area contributed by atoms with E-state index in [1.807, 2.05) is 6.07 Å². The minimum Gasteiger partial charge on any atom is -0.321 e. The lowest BCUT2D eigenvalue weighted by atomic mass is 10.2. The van der Waals surface area contributed by atoms with Crippen molar-refractivity contribution in [2.24, 2.45) is 5.92 Å². The van der Waals surface area contributed by atoms with Crippen LogP contribution >= 0.6 is 0 Å². The molecule has 5 heteroatoms. The number of hydrogen-bond donors (Lipinski definition) is 2. The summed E-state index contributed by atoms with van der Waals surface area (Å²) in [6.07, 6.45) is -4.15. The van der Waals surface area contributed by atoms with E-state index in [0.717, 1.165) is 12.6 Å². The third kappa shape index (κ3) is 4.20. The Hall–Kier alpha value is -1.23. The standard InChI is InChI=1S/C10H13F3N2/c1-8(10(11,12)13)7-14-15-9-5-3-2-4-6-9/h2-6,8,14-15H,7H2,1H3. The minimum atomic E-state index is -4.15. The zero-order valence-electron chi connectivity index (χ0n) is 8.31. The molecule has 0 heterocycles. The van der Waals surface area contributed by atoms with E-state index >= 15 is 0 Å². The maximum absolute atomic E-state index is 12.1. The van der Waals surface area contributed by atoms with E-state index in [-0.39, 0.29) is 6.54 Å². The van der Waals surface area contributed by atoms with Crippen LogP contribution in [-0.2, 0) is 0 Å². The number of benzene rings is 1. The molecule has 0 fully saturated rings. The number of alkyl halides is 3. The van der Waals surface area contributed by atoms with E-state index in [4.69, 9.17) is 0 Å². The Kier molecular flexibility index (Phi) is 3.96. The predicted octanol–water partition coefficient (Wildman–Crippen LogP) is 2.80. The Labute approximate surface area is 86.5 Å². The second kappa shape index (κ2) is 5.02. The average Bonchev–Trinajstić information content (AvgIpc) is 2.18. The van der Waals surface area contributed by atoms with Crippen molar-refractivity contribution in [1.82, 2.24) is 5.43 Å². The molecule has 1 rings (SSSR count). The summed E-state index contributed by atoms with van der Waals surface area (Å²) in [5, 5.41) is 0. The lowest BCUT2D eigenvalue weighted by Gasteiger charge is -2.16. The molecule has 1 unspecified atom stereocenters. The highest BCUT2D eigenvalue weighted by Crippen LogP contribution is 2.24. The molecule has 0 spiro atoms. The van der Waals surface area contributed by atoms with Crippen LogP contribution in [0.3, 0.4) is 0 Å². The van der Waals surface area contributed by atoms with Crippen molar-refractivity contribution in [2.45, 2.75) is 13.1 Å². The second-order valence-corrected chi connectivity index (χ2v) is 3.31. The van der Waals surface area contributed by atoms with E-state index < -0.39 is 12.1 Å². The fourth-order valence-corrected chi connectivity index (χ4v) is 0.943. The maximum atomic E-state index is 12.1. The number of anilines is 1. The molecule has 0 aliphatic carbocycles. The molecule has 2 N–H and O–H groups in total. The number of rotatable bonds is 4. The Morgan fingerprint density at radius 2 is 1.80 bits per heavy atom. The van der Waals surface area contributed by atoms with Crippen LogP contribution < -0.4 is 10.9 Å². The molecule has 0 radical (unpaired) electrons. The van der Waals surface area contributed by atoms with Crippen LogP contribution in [0, 0.1) is 5.92 Å². The number of para-hydroxylation sites is 1. The van der Waals surface area contributed by atoms with Crippen LogP contribution in [0.2, 0.25) is 0 Å². The first kappa shape index (κ1) is 11.8. The van der Waals surface area contributed by atoms with Crippen LogP contribution in [0.1, 0.15) is 6.92 Å². The van der Waals surface area contributed by atoms with Crippen molar-refractivity contribution >= 4 is 5.69 Å². The van der Waals surface area contributed by atoms with Gasteiger partial charge in [0.15, 0.2) is 0 Å². The summed E-state index contributed by atoms with van der Waals surface area (Å²) in [5.74, 6) is -1.37. The van der Waals surface area contributed by atoms with Gasteiger partial charge in [0.25, 0.3) is 0 Å². The third-order valence-corrected chi connectivity index (χ3v) is 1.97. The van der Waals surface area contributed by atoms with Crippen LogP contribution in [0.5, 0.6) is 0 Å². The van der Waals surface area contributed by atoms with Gasteiger partial charge in [0.1, 0.15) is 0 Å². The van der Waals surface area contributed by atoms with Gasteiger partial charge in [-0.15, -0.1) is 0 Å². The summed E-state index contributed by atoms with van der Waals surface area (Å²) in [4.78, 5) is 0. The van der Waals surface area contributed by atoms with E-state index in [1.165, 1.54) is 0 Å². The van der Waals surface area contributed by atoms with Crippen LogP contribution in [0.25, 0.3) is 0 Å². The smallest absolute Gasteiger partial charge is 0.321 e. The van der Waals surface area contributed by atoms with Gasteiger partial charge in [-0.2, -0.15) is 13.2 Å². The number of hydrogen-bond acceptors (Lipinski definition) is 2. The molecule has 0 aliphatic rings. The highest BCUT2D eigenvalue weighted by atomic mass is 19.4. The summed E-state index contributed by atoms with van der Waals surface area (Å²) in [5.41, 5.74) is 5.98. The monoisotopic (exact) mass is 218 g/mol. The molecular weight excluding hydrogens is 205 g/mol. The van der Waals surface area contributed by atoms with Crippen LogP contribution in [0.4, 0.5) is 18.9 Å². The fraction of sp³-hybridized carbons (Fsp3) is 0.400. The molecule has 0 saturated heterocycles. The average molecular weight is 218 g/mol. The van der Waals surface area contributed by atoms with E-state index in [9.17, 15) is 13.2 Å². The Morgan fingerprint density at radius 1 is 1.20 bits per heavy atom. The topological polar surface area (TPSA) is 24.1 Å². The van der Waals surface area contributed by atoms with Gasteiger partial charge in [0, 0.05) is 12.2 Å². The molecule has 2 nitrogen and oxygen atoms in total. The van der Waals surface area contributed by atoms with Gasteiger partial charge < -0.3 is 5.43 Å². The summed E-state index contributed by atoms with van der Waals surface area (Å²) in [6.45, 7) is 0.984. The molecule has 0 aromatic heterocycles. The first-order chi connectivity index (χ1) is 7.00. The Bertz CT molecular complexity index is 284. The lowest BCUT2D eigenvalue weighted by Crippen LogP contribution is -2.34. The van der Waals surface area contributed by atoms with E-state index in [2.05, 4.69) is 10.9 Å². The predicted molar refractivity (Wildman–Crippen MR) is 53.3 cm³/mol. The summed E-state index contributed by atoms with van der Waals surface area (Å²) in [6, 6.07) is 8.98. The molecule has 0 saturated carbocycles. The zero-order valence-corrected chi connectivity index (χ0v) is 8.31. The van der Waals surface area contributed by atoms with Gasteiger partial charge in [-0.3, -0.25) is 0 Å². The fourth-order valence-electron chi connectivity index (χ4n) is 0.943. The van der Waals surface area contributed by atoms with E-state index in [0.29, 0.717) is 0 Å². The van der Waals surface area contributed by atoms with Crippen molar-refractivity contribution in [3.8, 4) is 0 Å². The Balaban J connectivity index is 2.28. The van der Waals surface area contributed by atoms with Gasteiger partial charge in [0.05, 0.1) is 5.92 Å². The summed E-state index contributed by atoms with van der Waals surface area (Å²) in [7, 11) is 0. The molecule has 0 amide bonds. The van der Waals surface area contributed by atoms with Gasteiger partial charge >= 0.3 is 6.18 Å². The Morgan fingerprint density at radius 3 is 2.33 bits per heavy atom. The van der Waals surface area contributed by atoms with E-state index in [1.54, 1.807) is 24.3 Å². The van der Waals surface area contributed by atoms with Crippen molar-refractivity contribution in [3.63, 3.8) is 0 Å². The highest BCUT2D eigenvalue weighted by Gasteiger charge is 2.35. The second-order valence-electron chi connectivity index (χ2n) is 3.31. The molecule has 15 heavy (non-hydrogen) atoms. The van der Waals surface area contributed by atoms with Crippen molar-refractivity contribution in [1.29, 1.82) is 0 Å². The first-order valence-electron chi connectivity index (χ1n) is 4.61. The third-order valence-electron chi connectivity index (χ3n) is 1.97. The molecule has 0 aliphatic heterocycles. The molecule has 1 atom stereocenters. The van der Waals surface area contributed by atoms with Crippen molar-refractivity contribution in [2.75, 3.05) is 12.0 Å². The lowest BCUT2D eigenvalue weighted by molar-refractivity contribution is -0.167. The highest BCUT2D eigenvalue weighted by molar-refractivity contribution is 5.41. The summed E-state index contributed by atoms with van der Waals surface area (Å²) < 4.78 is 36.3. The minimum absolute atomic E-state index is 0.154. The number of hydrazine groups is 1. The molecular formula is C10H13F3N2. The number of nitrogens with one attached hydrogen (secondary N) is 2. The summed E-state index contributed by atoms with van der Waals surface area (Å²) >= 11 is 0. The quantitative estimate of drug-likeness (QED) is 0.759. The zero-order chi connectivity index (χ0) is 11.3. The SMILES string of the molecule is CC(CNNc1ccccc1)C(F)(F)F. The normalized spacial score (nSPS) is 13.6. The van der Waals surface area contributed by atoms with Gasteiger partial charge in [-0.1, -0.05) is 25.1 Å². The first-order valence-corrected chi connectivity index (χ1v) is 4.61. The van der Waals surface area contributed by atoms with Crippen molar-refractivity contribution < 1.29 is 13.2 Å². The molecule has 1 aromatic rings. The molecule has 84 valence electrons. The van der Waals surface area contributed by atoms with Crippen LogP contribution in [0.15, 0.2) is 30.3 Å². The molecule has 1 aromatic carbocycles. The van der Waals surface area contributed by atoms with Gasteiger partial charge in [-0.25, -0.2) is 5.43 Å².